The van der Waals surface area contributed by atoms with Gasteiger partial charge in [0.1, 0.15) is 0 Å². The Balaban J connectivity index is 2.47. The molecule has 1 aromatic rings. The fraction of sp³-hybridized carbons (Fsp3) is 0.500. The lowest BCUT2D eigenvalue weighted by atomic mass is 10.2. The zero-order valence-corrected chi connectivity index (χ0v) is 9.23. The molecular formula is C10H15NO2S. The molecule has 0 spiro atoms. The minimum Gasteiger partial charge on any atom is -0.396 e. The largest absolute Gasteiger partial charge is 0.396 e. The molecule has 14 heavy (non-hydrogen) atoms. The number of aliphatic hydroxyl groups is 1. The van der Waals surface area contributed by atoms with Crippen molar-refractivity contribution >= 4 is 17.2 Å². The fourth-order valence-electron chi connectivity index (χ4n) is 1.02. The summed E-state index contributed by atoms with van der Waals surface area (Å²) < 4.78 is 0. The van der Waals surface area contributed by atoms with E-state index in [1.807, 2.05) is 25.3 Å². The Bertz CT molecular complexity index is 309. The first kappa shape index (κ1) is 11.2. The maximum absolute atomic E-state index is 11.6. The van der Waals surface area contributed by atoms with E-state index in [1.54, 1.807) is 0 Å². The van der Waals surface area contributed by atoms with E-state index in [2.05, 4.69) is 5.32 Å². The highest BCUT2D eigenvalue weighted by atomic mass is 32.1. The molecule has 1 unspecified atom stereocenters. The molecule has 1 aromatic heterocycles. The van der Waals surface area contributed by atoms with Crippen molar-refractivity contribution in [1.82, 2.24) is 5.32 Å². The lowest BCUT2D eigenvalue weighted by Gasteiger charge is -2.08. The number of rotatable bonds is 4. The number of carbonyl (C=O) groups is 1. The standard InChI is InChI=1S/C10H15NO2S/c1-7(6-12)5-11-10(13)9-8(2)3-4-14-9/h3-4,7,12H,5-6H2,1-2H3,(H,11,13). The summed E-state index contributed by atoms with van der Waals surface area (Å²) in [5, 5.41) is 13.5. The van der Waals surface area contributed by atoms with Crippen LogP contribution in [0.2, 0.25) is 0 Å². The highest BCUT2D eigenvalue weighted by Gasteiger charge is 2.10. The Hall–Kier alpha value is -0.870. The third-order valence-electron chi connectivity index (χ3n) is 1.99. The number of aryl methyl sites for hydroxylation is 1. The number of hydrogen-bond acceptors (Lipinski definition) is 3. The molecule has 0 fully saturated rings. The number of aliphatic hydroxyl groups excluding tert-OH is 1. The third-order valence-corrected chi connectivity index (χ3v) is 3.01. The maximum atomic E-state index is 11.6. The van der Waals surface area contributed by atoms with E-state index in [0.717, 1.165) is 10.4 Å². The van der Waals surface area contributed by atoms with Gasteiger partial charge in [0.2, 0.25) is 0 Å². The first-order chi connectivity index (χ1) is 6.65. The SMILES string of the molecule is Cc1ccsc1C(=O)NCC(C)CO. The zero-order valence-electron chi connectivity index (χ0n) is 8.41. The van der Waals surface area contributed by atoms with Gasteiger partial charge in [-0.25, -0.2) is 0 Å². The van der Waals surface area contributed by atoms with Gasteiger partial charge in [0, 0.05) is 13.2 Å². The molecule has 0 aliphatic heterocycles. The van der Waals surface area contributed by atoms with Gasteiger partial charge in [0.15, 0.2) is 0 Å². The van der Waals surface area contributed by atoms with E-state index in [1.165, 1.54) is 11.3 Å². The zero-order chi connectivity index (χ0) is 10.6. The summed E-state index contributed by atoms with van der Waals surface area (Å²) >= 11 is 1.44. The van der Waals surface area contributed by atoms with Gasteiger partial charge in [-0.15, -0.1) is 11.3 Å². The summed E-state index contributed by atoms with van der Waals surface area (Å²) in [5.74, 6) is 0.0667. The number of carbonyl (C=O) groups excluding carboxylic acids is 1. The molecular weight excluding hydrogens is 198 g/mol. The predicted octanol–water partition coefficient (Wildman–Crippen LogP) is 1.41. The second-order valence-electron chi connectivity index (χ2n) is 3.43. The smallest absolute Gasteiger partial charge is 0.261 e. The van der Waals surface area contributed by atoms with Gasteiger partial charge >= 0.3 is 0 Å². The topological polar surface area (TPSA) is 49.3 Å². The quantitative estimate of drug-likeness (QED) is 0.794. The normalized spacial score (nSPS) is 12.5. The van der Waals surface area contributed by atoms with Gasteiger partial charge in [-0.05, 0) is 29.9 Å². The first-order valence-corrected chi connectivity index (χ1v) is 5.46. The van der Waals surface area contributed by atoms with Crippen molar-refractivity contribution < 1.29 is 9.90 Å². The van der Waals surface area contributed by atoms with Crippen LogP contribution in [0.1, 0.15) is 22.2 Å². The van der Waals surface area contributed by atoms with Crippen LogP contribution in [-0.2, 0) is 0 Å². The lowest BCUT2D eigenvalue weighted by Crippen LogP contribution is -2.29. The van der Waals surface area contributed by atoms with Crippen molar-refractivity contribution in [3.8, 4) is 0 Å². The van der Waals surface area contributed by atoms with Gasteiger partial charge in [0.25, 0.3) is 5.91 Å². The summed E-state index contributed by atoms with van der Waals surface area (Å²) in [5.41, 5.74) is 1.00. The highest BCUT2D eigenvalue weighted by Crippen LogP contribution is 2.14. The maximum Gasteiger partial charge on any atom is 0.261 e. The molecule has 0 aromatic carbocycles. The molecule has 3 nitrogen and oxygen atoms in total. The Kier molecular flexibility index (Phi) is 4.10. The van der Waals surface area contributed by atoms with Crippen molar-refractivity contribution in [2.45, 2.75) is 13.8 Å². The van der Waals surface area contributed by atoms with Crippen LogP contribution in [0.25, 0.3) is 0 Å². The second kappa shape index (κ2) is 5.12. The molecule has 0 aliphatic carbocycles. The molecule has 4 heteroatoms. The minimum absolute atomic E-state index is 0.0437. The van der Waals surface area contributed by atoms with E-state index >= 15 is 0 Å². The van der Waals surface area contributed by atoms with Crippen LogP contribution < -0.4 is 5.32 Å². The van der Waals surface area contributed by atoms with Crippen LogP contribution in [-0.4, -0.2) is 24.2 Å². The van der Waals surface area contributed by atoms with E-state index in [4.69, 9.17) is 5.11 Å². The monoisotopic (exact) mass is 213 g/mol. The van der Waals surface area contributed by atoms with Crippen molar-refractivity contribution in [2.75, 3.05) is 13.2 Å². The molecule has 0 bridgehead atoms. The van der Waals surface area contributed by atoms with Crippen molar-refractivity contribution in [3.05, 3.63) is 21.9 Å². The third kappa shape index (κ3) is 2.82. The van der Waals surface area contributed by atoms with Gasteiger partial charge in [-0.1, -0.05) is 6.92 Å². The minimum atomic E-state index is -0.0437. The van der Waals surface area contributed by atoms with Crippen LogP contribution in [0.4, 0.5) is 0 Å². The summed E-state index contributed by atoms with van der Waals surface area (Å²) in [7, 11) is 0. The lowest BCUT2D eigenvalue weighted by molar-refractivity contribution is 0.0946. The molecule has 1 amide bonds. The Labute approximate surface area is 87.8 Å². The van der Waals surface area contributed by atoms with E-state index in [9.17, 15) is 4.79 Å². The van der Waals surface area contributed by atoms with Gasteiger partial charge in [-0.2, -0.15) is 0 Å². The van der Waals surface area contributed by atoms with E-state index in [-0.39, 0.29) is 18.4 Å². The number of amides is 1. The molecule has 0 saturated heterocycles. The van der Waals surface area contributed by atoms with Gasteiger partial charge in [0.05, 0.1) is 4.88 Å². The van der Waals surface area contributed by atoms with Gasteiger partial charge in [-0.3, -0.25) is 4.79 Å². The Morgan fingerprint density at radius 3 is 2.93 bits per heavy atom. The first-order valence-electron chi connectivity index (χ1n) is 4.58. The Morgan fingerprint density at radius 1 is 1.71 bits per heavy atom. The van der Waals surface area contributed by atoms with Gasteiger partial charge < -0.3 is 10.4 Å². The van der Waals surface area contributed by atoms with Crippen molar-refractivity contribution in [2.24, 2.45) is 5.92 Å². The molecule has 0 aliphatic rings. The summed E-state index contributed by atoms with van der Waals surface area (Å²) in [6, 6.07) is 1.93. The van der Waals surface area contributed by atoms with Crippen LogP contribution in [0.5, 0.6) is 0 Å². The average Bonchev–Trinajstić information content (AvgIpc) is 2.60. The number of thiophene rings is 1. The Morgan fingerprint density at radius 2 is 2.43 bits per heavy atom. The molecule has 78 valence electrons. The summed E-state index contributed by atoms with van der Waals surface area (Å²) in [4.78, 5) is 12.3. The molecule has 1 atom stereocenters. The van der Waals surface area contributed by atoms with Crippen molar-refractivity contribution in [3.63, 3.8) is 0 Å². The molecule has 2 N–H and O–H groups in total. The number of nitrogens with one attached hydrogen (secondary N) is 1. The predicted molar refractivity (Wildman–Crippen MR) is 57.6 cm³/mol. The molecule has 1 rings (SSSR count). The number of hydrogen-bond donors (Lipinski definition) is 2. The highest BCUT2D eigenvalue weighted by molar-refractivity contribution is 7.12. The average molecular weight is 213 g/mol. The van der Waals surface area contributed by atoms with E-state index in [0.29, 0.717) is 6.54 Å². The molecule has 0 radical (unpaired) electrons. The van der Waals surface area contributed by atoms with Crippen LogP contribution in [0.3, 0.4) is 0 Å². The molecule has 1 heterocycles. The van der Waals surface area contributed by atoms with Crippen LogP contribution >= 0.6 is 11.3 Å². The summed E-state index contributed by atoms with van der Waals surface area (Å²) in [6.07, 6.45) is 0. The van der Waals surface area contributed by atoms with Crippen molar-refractivity contribution in [1.29, 1.82) is 0 Å². The van der Waals surface area contributed by atoms with E-state index < -0.39 is 0 Å². The van der Waals surface area contributed by atoms with Crippen LogP contribution in [0.15, 0.2) is 11.4 Å². The van der Waals surface area contributed by atoms with Crippen LogP contribution in [0, 0.1) is 12.8 Å². The molecule has 0 saturated carbocycles. The summed E-state index contributed by atoms with van der Waals surface area (Å²) in [6.45, 7) is 4.43. The fourth-order valence-corrected chi connectivity index (χ4v) is 1.86. The second-order valence-corrected chi connectivity index (χ2v) is 4.35.